The second-order valence-electron chi connectivity index (χ2n) is 6.44. The molecule has 5 nitrogen and oxygen atoms in total. The van der Waals surface area contributed by atoms with E-state index in [9.17, 15) is 22.8 Å². The van der Waals surface area contributed by atoms with E-state index in [2.05, 4.69) is 10.3 Å². The van der Waals surface area contributed by atoms with Crippen LogP contribution in [0.1, 0.15) is 0 Å². The van der Waals surface area contributed by atoms with Gasteiger partial charge in [0.25, 0.3) is 5.56 Å². The lowest BCUT2D eigenvalue weighted by Crippen LogP contribution is -2.24. The lowest BCUT2D eigenvalue weighted by molar-refractivity contribution is -0.113. The Labute approximate surface area is 178 Å². The van der Waals surface area contributed by atoms with E-state index >= 15 is 0 Å². The molecular weight excluding hydrogens is 427 g/mol. The minimum atomic E-state index is -0.912. The Kier molecular flexibility index (Phi) is 5.77. The van der Waals surface area contributed by atoms with Gasteiger partial charge in [0.15, 0.2) is 5.16 Å². The number of benzene rings is 3. The maximum absolute atomic E-state index is 14.5. The third-order valence-corrected chi connectivity index (χ3v) is 5.34. The van der Waals surface area contributed by atoms with Crippen LogP contribution in [-0.2, 0) is 4.79 Å². The van der Waals surface area contributed by atoms with Crippen molar-refractivity contribution < 1.29 is 18.0 Å². The van der Waals surface area contributed by atoms with E-state index in [-0.39, 0.29) is 22.0 Å². The van der Waals surface area contributed by atoms with Crippen LogP contribution >= 0.6 is 11.8 Å². The Hall–Kier alpha value is -3.59. The smallest absolute Gasteiger partial charge is 0.266 e. The Morgan fingerprint density at radius 3 is 2.29 bits per heavy atom. The van der Waals surface area contributed by atoms with Crippen LogP contribution in [-0.4, -0.2) is 21.2 Å². The van der Waals surface area contributed by atoms with E-state index in [0.717, 1.165) is 28.5 Å². The lowest BCUT2D eigenvalue weighted by atomic mass is 10.2. The number of nitrogens with zero attached hydrogens (tertiary/aromatic N) is 2. The molecule has 156 valence electrons. The van der Waals surface area contributed by atoms with Gasteiger partial charge < -0.3 is 5.32 Å². The molecule has 1 amide bonds. The number of anilines is 1. The molecule has 0 saturated heterocycles. The largest absolute Gasteiger partial charge is 0.320 e. The summed E-state index contributed by atoms with van der Waals surface area (Å²) in [6.45, 7) is 0. The summed E-state index contributed by atoms with van der Waals surface area (Å²) in [6, 6.07) is 15.5. The molecule has 4 rings (SSSR count). The molecule has 0 unspecified atom stereocenters. The Morgan fingerprint density at radius 1 is 0.903 bits per heavy atom. The first-order chi connectivity index (χ1) is 15.0. The van der Waals surface area contributed by atoms with E-state index < -0.39 is 34.6 Å². The molecule has 31 heavy (non-hydrogen) atoms. The number of halogens is 3. The maximum Gasteiger partial charge on any atom is 0.266 e. The van der Waals surface area contributed by atoms with Crippen molar-refractivity contribution in [3.63, 3.8) is 0 Å². The quantitative estimate of drug-likeness (QED) is 0.365. The van der Waals surface area contributed by atoms with Crippen LogP contribution in [0, 0.1) is 17.5 Å². The molecule has 9 heteroatoms. The monoisotopic (exact) mass is 441 g/mol. The number of thioether (sulfide) groups is 1. The fourth-order valence-corrected chi connectivity index (χ4v) is 3.78. The molecule has 0 spiro atoms. The topological polar surface area (TPSA) is 64.0 Å². The van der Waals surface area contributed by atoms with Crippen LogP contribution in [0.15, 0.2) is 76.7 Å². The van der Waals surface area contributed by atoms with Gasteiger partial charge in [-0.15, -0.1) is 0 Å². The van der Waals surface area contributed by atoms with Crippen LogP contribution in [0.5, 0.6) is 0 Å². The first-order valence-electron chi connectivity index (χ1n) is 9.09. The molecule has 3 aromatic carbocycles. The van der Waals surface area contributed by atoms with Crippen molar-refractivity contribution >= 4 is 34.3 Å². The van der Waals surface area contributed by atoms with Gasteiger partial charge in [0.05, 0.1) is 22.3 Å². The van der Waals surface area contributed by atoms with Gasteiger partial charge in [-0.1, -0.05) is 42.1 Å². The predicted molar refractivity (Wildman–Crippen MR) is 113 cm³/mol. The molecule has 0 aliphatic rings. The van der Waals surface area contributed by atoms with Gasteiger partial charge in [-0.3, -0.25) is 14.2 Å². The number of hydrogen-bond donors (Lipinski definition) is 1. The second kappa shape index (κ2) is 8.65. The van der Waals surface area contributed by atoms with Crippen molar-refractivity contribution in [1.82, 2.24) is 9.55 Å². The van der Waals surface area contributed by atoms with Gasteiger partial charge in [-0.05, 0) is 36.4 Å². The van der Waals surface area contributed by atoms with Gasteiger partial charge in [-0.25, -0.2) is 18.2 Å². The highest BCUT2D eigenvalue weighted by atomic mass is 32.2. The van der Waals surface area contributed by atoms with E-state index in [1.165, 1.54) is 24.3 Å². The number of nitrogens with one attached hydrogen (secondary N) is 1. The minimum Gasteiger partial charge on any atom is -0.320 e. The van der Waals surface area contributed by atoms with Gasteiger partial charge in [0.2, 0.25) is 5.91 Å². The van der Waals surface area contributed by atoms with E-state index in [1.54, 1.807) is 30.3 Å². The number of rotatable bonds is 5. The highest BCUT2D eigenvalue weighted by Crippen LogP contribution is 2.24. The summed E-state index contributed by atoms with van der Waals surface area (Å²) in [4.78, 5) is 29.8. The van der Waals surface area contributed by atoms with E-state index in [1.807, 2.05) is 0 Å². The van der Waals surface area contributed by atoms with Crippen molar-refractivity contribution in [1.29, 1.82) is 0 Å². The first-order valence-corrected chi connectivity index (χ1v) is 10.1. The molecule has 0 aliphatic carbocycles. The zero-order valence-electron chi connectivity index (χ0n) is 15.8. The zero-order chi connectivity index (χ0) is 22.0. The summed E-state index contributed by atoms with van der Waals surface area (Å²) in [5, 5.41) is 2.52. The van der Waals surface area contributed by atoms with Crippen molar-refractivity contribution in [2.45, 2.75) is 5.16 Å². The fraction of sp³-hybridized carbons (Fsp3) is 0.0455. The fourth-order valence-electron chi connectivity index (χ4n) is 2.98. The van der Waals surface area contributed by atoms with Crippen molar-refractivity contribution in [2.24, 2.45) is 0 Å². The van der Waals surface area contributed by atoms with Crippen LogP contribution < -0.4 is 10.9 Å². The number of aromatic nitrogens is 2. The summed E-state index contributed by atoms with van der Waals surface area (Å²) in [6.07, 6.45) is 0. The van der Waals surface area contributed by atoms with Gasteiger partial charge in [0, 0.05) is 0 Å². The van der Waals surface area contributed by atoms with Crippen molar-refractivity contribution in [3.05, 3.63) is 94.5 Å². The van der Waals surface area contributed by atoms with Gasteiger partial charge >= 0.3 is 0 Å². The normalized spacial score (nSPS) is 10.9. The molecule has 0 bridgehead atoms. The SMILES string of the molecule is O=C(CSc1nc2ccccc2c(=O)n1-c1ccccc1F)Nc1c(F)cccc1F. The average Bonchev–Trinajstić information content (AvgIpc) is 2.76. The summed E-state index contributed by atoms with van der Waals surface area (Å²) in [7, 11) is 0. The number of hydrogen-bond acceptors (Lipinski definition) is 4. The highest BCUT2D eigenvalue weighted by Gasteiger charge is 2.18. The van der Waals surface area contributed by atoms with Crippen LogP contribution in [0.4, 0.5) is 18.9 Å². The molecule has 0 aliphatic heterocycles. The van der Waals surface area contributed by atoms with Crippen LogP contribution in [0.2, 0.25) is 0 Å². The van der Waals surface area contributed by atoms with E-state index in [0.29, 0.717) is 5.52 Å². The molecular formula is C22H14F3N3O2S. The lowest BCUT2D eigenvalue weighted by Gasteiger charge is -2.14. The highest BCUT2D eigenvalue weighted by molar-refractivity contribution is 7.99. The second-order valence-corrected chi connectivity index (χ2v) is 7.38. The third-order valence-electron chi connectivity index (χ3n) is 4.40. The molecule has 4 aromatic rings. The predicted octanol–water partition coefficient (Wildman–Crippen LogP) is 4.53. The van der Waals surface area contributed by atoms with E-state index in [4.69, 9.17) is 0 Å². The Bertz CT molecular complexity index is 1340. The Morgan fingerprint density at radius 2 is 1.55 bits per heavy atom. The molecule has 0 radical (unpaired) electrons. The molecule has 1 N–H and O–H groups in total. The summed E-state index contributed by atoms with van der Waals surface area (Å²) in [5.41, 5.74) is -0.707. The number of carbonyl (C=O) groups is 1. The van der Waals surface area contributed by atoms with Gasteiger partial charge in [0.1, 0.15) is 23.1 Å². The number of fused-ring (bicyclic) bond motifs is 1. The summed E-state index contributed by atoms with van der Waals surface area (Å²) < 4.78 is 43.1. The van der Waals surface area contributed by atoms with Crippen LogP contribution in [0.3, 0.4) is 0 Å². The Balaban J connectivity index is 1.70. The first kappa shape index (κ1) is 20.7. The summed E-state index contributed by atoms with van der Waals surface area (Å²) in [5.74, 6) is -3.48. The van der Waals surface area contributed by atoms with Crippen molar-refractivity contribution in [2.75, 3.05) is 11.1 Å². The van der Waals surface area contributed by atoms with Crippen LogP contribution in [0.25, 0.3) is 16.6 Å². The molecule has 1 heterocycles. The number of carbonyl (C=O) groups excluding carboxylic acids is 1. The summed E-state index contributed by atoms with van der Waals surface area (Å²) >= 11 is 0.847. The average molecular weight is 441 g/mol. The third kappa shape index (κ3) is 4.17. The van der Waals surface area contributed by atoms with Gasteiger partial charge in [-0.2, -0.15) is 0 Å². The maximum atomic E-state index is 14.5. The molecule has 0 atom stereocenters. The number of amides is 1. The zero-order valence-corrected chi connectivity index (χ0v) is 16.6. The standard InChI is InChI=1S/C22H14F3N3O2S/c23-14-7-2-4-11-18(14)28-21(30)13-6-1-3-10-17(13)26-22(28)31-12-19(29)27-20-15(24)8-5-9-16(20)25/h1-11H,12H2,(H,27,29). The minimum absolute atomic E-state index is 0.0196. The molecule has 0 fully saturated rings. The number of para-hydroxylation sites is 3. The molecule has 1 aromatic heterocycles. The van der Waals surface area contributed by atoms with Crippen molar-refractivity contribution in [3.8, 4) is 5.69 Å². The molecule has 0 saturated carbocycles.